The first-order valence-corrected chi connectivity index (χ1v) is 9.27. The predicted octanol–water partition coefficient (Wildman–Crippen LogP) is 3.38. The monoisotopic (exact) mass is 401 g/mol. The van der Waals surface area contributed by atoms with Gasteiger partial charge < -0.3 is 10.6 Å². The van der Waals surface area contributed by atoms with Crippen molar-refractivity contribution in [2.45, 2.75) is 52.2 Å². The van der Waals surface area contributed by atoms with E-state index in [-0.39, 0.29) is 36.6 Å². The van der Waals surface area contributed by atoms with Crippen molar-refractivity contribution in [2.24, 2.45) is 11.3 Å². The third kappa shape index (κ3) is 5.59. The minimum absolute atomic E-state index is 0. The van der Waals surface area contributed by atoms with E-state index in [0.29, 0.717) is 18.0 Å². The fourth-order valence-corrected chi connectivity index (χ4v) is 3.82. The van der Waals surface area contributed by atoms with Crippen LogP contribution in [-0.2, 0) is 17.9 Å². The van der Waals surface area contributed by atoms with Crippen LogP contribution < -0.4 is 10.6 Å². The predicted molar refractivity (Wildman–Crippen MR) is 112 cm³/mol. The van der Waals surface area contributed by atoms with E-state index in [9.17, 15) is 4.79 Å². The lowest BCUT2D eigenvalue weighted by molar-refractivity contribution is -0.123. The average Bonchev–Trinajstić information content (AvgIpc) is 3.26. The highest BCUT2D eigenvalue weighted by atomic mass is 35.5. The first-order chi connectivity index (χ1) is 11.5. The molecule has 0 aromatic heterocycles. The van der Waals surface area contributed by atoms with Crippen LogP contribution in [0.25, 0.3) is 0 Å². The van der Waals surface area contributed by atoms with E-state index in [2.05, 4.69) is 60.7 Å². The largest absolute Gasteiger partial charge is 0.352 e. The van der Waals surface area contributed by atoms with Crippen LogP contribution in [0.1, 0.15) is 44.2 Å². The maximum absolute atomic E-state index is 12.5. The molecule has 1 saturated heterocycles. The molecule has 0 radical (unpaired) electrons. The highest BCUT2D eigenvalue weighted by Crippen LogP contribution is 2.58. The molecule has 3 rings (SSSR count). The van der Waals surface area contributed by atoms with Gasteiger partial charge in [-0.2, -0.15) is 0 Å². The summed E-state index contributed by atoms with van der Waals surface area (Å²) >= 11 is 0. The van der Waals surface area contributed by atoms with Crippen molar-refractivity contribution in [1.29, 1.82) is 0 Å². The molecule has 2 aliphatic rings. The lowest BCUT2D eigenvalue weighted by Crippen LogP contribution is -2.33. The summed E-state index contributed by atoms with van der Waals surface area (Å²) < 4.78 is 0. The van der Waals surface area contributed by atoms with Gasteiger partial charge in [0.15, 0.2) is 0 Å². The topological polar surface area (TPSA) is 44.4 Å². The van der Waals surface area contributed by atoms with Gasteiger partial charge in [0.1, 0.15) is 0 Å². The molecular formula is C20H33Cl2N3O. The summed E-state index contributed by atoms with van der Waals surface area (Å²) in [5, 5.41) is 6.55. The number of hydrogen-bond donors (Lipinski definition) is 2. The van der Waals surface area contributed by atoms with E-state index in [4.69, 9.17) is 0 Å². The maximum Gasteiger partial charge on any atom is 0.223 e. The van der Waals surface area contributed by atoms with E-state index < -0.39 is 0 Å². The third-order valence-electron chi connectivity index (χ3n) is 5.88. The molecule has 1 aliphatic heterocycles. The van der Waals surface area contributed by atoms with Crippen molar-refractivity contribution >= 4 is 30.7 Å². The van der Waals surface area contributed by atoms with Crippen molar-refractivity contribution in [3.05, 3.63) is 35.4 Å². The number of rotatable bonds is 6. The molecule has 26 heavy (non-hydrogen) atoms. The van der Waals surface area contributed by atoms with Gasteiger partial charge in [-0.1, -0.05) is 24.3 Å². The molecule has 148 valence electrons. The second kappa shape index (κ2) is 9.93. The SMILES string of the molecule is CC(C)N(C)Cc1cccc(CNC(=O)C2CC23CCNCC3)c1.Cl.Cl. The Bertz CT molecular complexity index is 588. The second-order valence-corrected chi connectivity index (χ2v) is 7.92. The quantitative estimate of drug-likeness (QED) is 0.767. The van der Waals surface area contributed by atoms with E-state index in [0.717, 1.165) is 38.9 Å². The lowest BCUT2D eigenvalue weighted by Gasteiger charge is -2.23. The molecule has 1 heterocycles. The number of piperidine rings is 1. The minimum Gasteiger partial charge on any atom is -0.352 e. The molecule has 1 saturated carbocycles. The fraction of sp³-hybridized carbons (Fsp3) is 0.650. The zero-order chi connectivity index (χ0) is 17.2. The summed E-state index contributed by atoms with van der Waals surface area (Å²) in [7, 11) is 2.14. The smallest absolute Gasteiger partial charge is 0.223 e. The van der Waals surface area contributed by atoms with Gasteiger partial charge in [-0.15, -0.1) is 24.8 Å². The number of nitrogens with zero attached hydrogens (tertiary/aromatic N) is 1. The van der Waals surface area contributed by atoms with Gasteiger partial charge in [0.05, 0.1) is 0 Å². The molecule has 1 amide bonds. The van der Waals surface area contributed by atoms with Gasteiger partial charge in [-0.3, -0.25) is 9.69 Å². The van der Waals surface area contributed by atoms with Crippen LogP contribution >= 0.6 is 24.8 Å². The van der Waals surface area contributed by atoms with Crippen LogP contribution in [-0.4, -0.2) is 37.0 Å². The molecule has 1 aromatic rings. The summed E-state index contributed by atoms with van der Waals surface area (Å²) in [6.07, 6.45) is 3.39. The van der Waals surface area contributed by atoms with Crippen LogP contribution in [0.4, 0.5) is 0 Å². The van der Waals surface area contributed by atoms with Crippen molar-refractivity contribution in [1.82, 2.24) is 15.5 Å². The number of amides is 1. The molecule has 4 nitrogen and oxygen atoms in total. The lowest BCUT2D eigenvalue weighted by atomic mass is 9.92. The first kappa shape index (κ1) is 23.2. The molecule has 1 spiro atoms. The number of carbonyl (C=O) groups is 1. The number of halogens is 2. The van der Waals surface area contributed by atoms with E-state index in [1.54, 1.807) is 0 Å². The summed E-state index contributed by atoms with van der Waals surface area (Å²) in [6, 6.07) is 9.11. The summed E-state index contributed by atoms with van der Waals surface area (Å²) in [6.45, 7) is 8.12. The zero-order valence-corrected chi connectivity index (χ0v) is 17.7. The third-order valence-corrected chi connectivity index (χ3v) is 5.88. The normalized spacial score (nSPS) is 20.4. The molecule has 6 heteroatoms. The molecular weight excluding hydrogens is 369 g/mol. The van der Waals surface area contributed by atoms with Crippen LogP contribution in [0.15, 0.2) is 24.3 Å². The Morgan fingerprint density at radius 2 is 1.92 bits per heavy atom. The van der Waals surface area contributed by atoms with E-state index in [1.807, 2.05) is 0 Å². The van der Waals surface area contributed by atoms with Crippen molar-refractivity contribution in [3.8, 4) is 0 Å². The van der Waals surface area contributed by atoms with Gasteiger partial charge in [0.2, 0.25) is 5.91 Å². The number of nitrogens with one attached hydrogen (secondary N) is 2. The Morgan fingerprint density at radius 1 is 1.27 bits per heavy atom. The summed E-state index contributed by atoms with van der Waals surface area (Å²) in [5.74, 6) is 0.497. The Hall–Kier alpha value is -0.810. The highest BCUT2D eigenvalue weighted by molar-refractivity contribution is 5.85. The summed E-state index contributed by atoms with van der Waals surface area (Å²) in [5.41, 5.74) is 2.81. The molecule has 1 unspecified atom stereocenters. The van der Waals surface area contributed by atoms with Crippen LogP contribution in [0.5, 0.6) is 0 Å². The first-order valence-electron chi connectivity index (χ1n) is 9.27. The van der Waals surface area contributed by atoms with Gasteiger partial charge in [0.25, 0.3) is 0 Å². The van der Waals surface area contributed by atoms with Crippen LogP contribution in [0.2, 0.25) is 0 Å². The van der Waals surface area contributed by atoms with E-state index >= 15 is 0 Å². The van der Waals surface area contributed by atoms with Gasteiger partial charge >= 0.3 is 0 Å². The van der Waals surface area contributed by atoms with Crippen molar-refractivity contribution < 1.29 is 4.79 Å². The van der Waals surface area contributed by atoms with Gasteiger partial charge in [0, 0.05) is 25.0 Å². The zero-order valence-electron chi connectivity index (χ0n) is 16.1. The molecule has 0 bridgehead atoms. The summed E-state index contributed by atoms with van der Waals surface area (Å²) in [4.78, 5) is 14.8. The number of hydrogen-bond acceptors (Lipinski definition) is 3. The minimum atomic E-state index is 0. The molecule has 1 aromatic carbocycles. The van der Waals surface area contributed by atoms with Gasteiger partial charge in [-0.05, 0) is 69.8 Å². The van der Waals surface area contributed by atoms with Crippen LogP contribution in [0, 0.1) is 11.3 Å². The van der Waals surface area contributed by atoms with Gasteiger partial charge in [-0.25, -0.2) is 0 Å². The molecule has 1 aliphatic carbocycles. The Labute approximate surface area is 170 Å². The number of benzene rings is 1. The molecule has 1 atom stereocenters. The molecule has 2 fully saturated rings. The second-order valence-electron chi connectivity index (χ2n) is 7.92. The Kier molecular flexibility index (Phi) is 8.87. The van der Waals surface area contributed by atoms with Crippen LogP contribution in [0.3, 0.4) is 0 Å². The maximum atomic E-state index is 12.5. The fourth-order valence-electron chi connectivity index (χ4n) is 3.82. The number of carbonyl (C=O) groups excluding carboxylic acids is 1. The average molecular weight is 402 g/mol. The Balaban J connectivity index is 0.00000169. The standard InChI is InChI=1S/C20H31N3O.2ClH/c1-15(2)23(3)14-17-6-4-5-16(11-17)13-22-19(24)18-12-20(18)7-9-21-10-8-20;;/h4-6,11,15,18,21H,7-10,12-14H2,1-3H3,(H,22,24);2*1H. The van der Waals surface area contributed by atoms with Crippen molar-refractivity contribution in [3.63, 3.8) is 0 Å². The molecule has 2 N–H and O–H groups in total. The highest BCUT2D eigenvalue weighted by Gasteiger charge is 2.57. The Morgan fingerprint density at radius 3 is 2.58 bits per heavy atom. The van der Waals surface area contributed by atoms with Crippen molar-refractivity contribution in [2.75, 3.05) is 20.1 Å². The van der Waals surface area contributed by atoms with E-state index in [1.165, 1.54) is 11.1 Å².